The van der Waals surface area contributed by atoms with Crippen LogP contribution in [0.4, 0.5) is 0 Å². The molecule has 0 spiro atoms. The molecule has 4 rings (SSSR count). The highest BCUT2D eigenvalue weighted by Crippen LogP contribution is 2.28. The minimum Gasteiger partial charge on any atom is -0.463 e. The number of furan rings is 1. The number of carbonyl (C=O) groups is 1. The van der Waals surface area contributed by atoms with Crippen molar-refractivity contribution >= 4 is 41.6 Å². The van der Waals surface area contributed by atoms with Crippen molar-refractivity contribution in [2.45, 2.75) is 19.8 Å². The highest BCUT2D eigenvalue weighted by Gasteiger charge is 2.27. The third-order valence-corrected chi connectivity index (χ3v) is 5.22. The zero-order valence-corrected chi connectivity index (χ0v) is 17.4. The van der Waals surface area contributed by atoms with Crippen LogP contribution in [0.3, 0.4) is 0 Å². The number of carbonyl (C=O) groups excluding carboxylic acids is 1. The summed E-state index contributed by atoms with van der Waals surface area (Å²) < 4.78 is 5.47. The molecule has 1 aromatic carbocycles. The van der Waals surface area contributed by atoms with E-state index in [9.17, 15) is 4.79 Å². The van der Waals surface area contributed by atoms with Crippen molar-refractivity contribution in [1.29, 1.82) is 0 Å². The maximum Gasteiger partial charge on any atom is 0.252 e. The Balaban J connectivity index is 0.00000140. The average Bonchev–Trinajstić information content (AvgIpc) is 3.21. The predicted octanol–water partition coefficient (Wildman–Crippen LogP) is 4.46. The molecule has 1 aliphatic heterocycles. The summed E-state index contributed by atoms with van der Waals surface area (Å²) in [5, 5.41) is 7.38. The van der Waals surface area contributed by atoms with Crippen LogP contribution < -0.4 is 10.6 Å². The van der Waals surface area contributed by atoms with Crippen LogP contribution in [-0.2, 0) is 0 Å². The summed E-state index contributed by atoms with van der Waals surface area (Å²) in [5.74, 6) is 0.603. The molecule has 3 heterocycles. The topological polar surface area (TPSA) is 67.2 Å². The Morgan fingerprint density at radius 1 is 1.18 bits per heavy atom. The van der Waals surface area contributed by atoms with Gasteiger partial charge in [-0.1, -0.05) is 25.1 Å². The van der Waals surface area contributed by atoms with Crippen molar-refractivity contribution in [2.24, 2.45) is 5.41 Å². The van der Waals surface area contributed by atoms with Crippen LogP contribution in [0.5, 0.6) is 0 Å². The van der Waals surface area contributed by atoms with Crippen molar-refractivity contribution < 1.29 is 9.21 Å². The lowest BCUT2D eigenvalue weighted by Gasteiger charge is -2.34. The number of fused-ring (bicyclic) bond motifs is 1. The van der Waals surface area contributed by atoms with Crippen LogP contribution in [0.2, 0.25) is 0 Å². The van der Waals surface area contributed by atoms with Crippen molar-refractivity contribution in [3.05, 3.63) is 54.3 Å². The van der Waals surface area contributed by atoms with E-state index in [1.807, 2.05) is 42.5 Å². The van der Waals surface area contributed by atoms with Crippen LogP contribution in [0, 0.1) is 5.41 Å². The number of pyridine rings is 1. The molecule has 1 fully saturated rings. The number of halogens is 2. The standard InChI is InChI=1S/C21H23N3O2.2ClH/c1-21(8-10-22-11-9-21)14-23-20(25)16-13-18(19-7-4-12-26-19)24-17-6-3-2-5-15(16)17;;/h2-7,12-13,22H,8-11,14H2,1H3,(H,23,25);2*1H. The van der Waals surface area contributed by atoms with Gasteiger partial charge in [0.15, 0.2) is 5.76 Å². The number of hydrogen-bond donors (Lipinski definition) is 2. The van der Waals surface area contributed by atoms with Gasteiger partial charge in [-0.15, -0.1) is 24.8 Å². The smallest absolute Gasteiger partial charge is 0.252 e. The lowest BCUT2D eigenvalue weighted by molar-refractivity contribution is 0.0924. The Morgan fingerprint density at radius 3 is 2.64 bits per heavy atom. The lowest BCUT2D eigenvalue weighted by atomic mass is 9.81. The second-order valence-corrected chi connectivity index (χ2v) is 7.29. The molecular weight excluding hydrogens is 397 g/mol. The largest absolute Gasteiger partial charge is 0.463 e. The minimum absolute atomic E-state index is 0. The van der Waals surface area contributed by atoms with E-state index in [0.717, 1.165) is 36.8 Å². The van der Waals surface area contributed by atoms with E-state index in [0.29, 0.717) is 23.6 Å². The fourth-order valence-electron chi connectivity index (χ4n) is 3.51. The van der Waals surface area contributed by atoms with Gasteiger partial charge in [-0.05, 0) is 55.6 Å². The second kappa shape index (κ2) is 9.41. The van der Waals surface area contributed by atoms with Gasteiger partial charge in [-0.25, -0.2) is 4.98 Å². The van der Waals surface area contributed by atoms with Crippen molar-refractivity contribution in [3.8, 4) is 11.5 Å². The van der Waals surface area contributed by atoms with Crippen molar-refractivity contribution in [2.75, 3.05) is 19.6 Å². The zero-order chi connectivity index (χ0) is 18.0. The quantitative estimate of drug-likeness (QED) is 0.652. The number of amides is 1. The molecule has 1 aliphatic rings. The fourth-order valence-corrected chi connectivity index (χ4v) is 3.51. The zero-order valence-electron chi connectivity index (χ0n) is 15.7. The first-order valence-electron chi connectivity index (χ1n) is 9.07. The third kappa shape index (κ3) is 4.66. The summed E-state index contributed by atoms with van der Waals surface area (Å²) in [6.07, 6.45) is 3.76. The summed E-state index contributed by atoms with van der Waals surface area (Å²) >= 11 is 0. The van der Waals surface area contributed by atoms with Gasteiger partial charge in [0.1, 0.15) is 5.69 Å². The molecule has 2 N–H and O–H groups in total. The molecule has 0 radical (unpaired) electrons. The van der Waals surface area contributed by atoms with E-state index >= 15 is 0 Å². The Kier molecular flexibility index (Phi) is 7.47. The Morgan fingerprint density at radius 2 is 1.93 bits per heavy atom. The van der Waals surface area contributed by atoms with Crippen molar-refractivity contribution in [3.63, 3.8) is 0 Å². The minimum atomic E-state index is -0.0591. The normalized spacial score (nSPS) is 15.3. The Hall–Kier alpha value is -2.08. The molecule has 150 valence electrons. The van der Waals surface area contributed by atoms with E-state index in [-0.39, 0.29) is 36.1 Å². The molecule has 2 aromatic heterocycles. The van der Waals surface area contributed by atoms with Crippen molar-refractivity contribution in [1.82, 2.24) is 15.6 Å². The lowest BCUT2D eigenvalue weighted by Crippen LogP contribution is -2.42. The number of nitrogens with one attached hydrogen (secondary N) is 2. The molecule has 7 heteroatoms. The van der Waals surface area contributed by atoms with Crippen LogP contribution in [0.25, 0.3) is 22.4 Å². The molecule has 0 atom stereocenters. The first kappa shape index (κ1) is 22.2. The molecule has 0 aliphatic carbocycles. The number of piperidine rings is 1. The highest BCUT2D eigenvalue weighted by atomic mass is 35.5. The number of benzene rings is 1. The van der Waals surface area contributed by atoms with Gasteiger partial charge in [0, 0.05) is 11.9 Å². The van der Waals surface area contributed by atoms with Gasteiger partial charge in [0.05, 0.1) is 17.3 Å². The van der Waals surface area contributed by atoms with Gasteiger partial charge >= 0.3 is 0 Å². The maximum absolute atomic E-state index is 13.0. The molecule has 0 saturated carbocycles. The molecule has 3 aromatic rings. The summed E-state index contributed by atoms with van der Waals surface area (Å²) in [6, 6.07) is 13.2. The van der Waals surface area contributed by atoms with Gasteiger partial charge in [0.25, 0.3) is 5.91 Å². The third-order valence-electron chi connectivity index (χ3n) is 5.22. The highest BCUT2D eigenvalue weighted by molar-refractivity contribution is 6.07. The number of para-hydroxylation sites is 1. The molecule has 1 amide bonds. The van der Waals surface area contributed by atoms with Gasteiger partial charge in [0.2, 0.25) is 0 Å². The summed E-state index contributed by atoms with van der Waals surface area (Å²) in [5.41, 5.74) is 2.25. The molecular formula is C21H25Cl2N3O2. The van der Waals surface area contributed by atoms with Gasteiger partial charge < -0.3 is 15.1 Å². The second-order valence-electron chi connectivity index (χ2n) is 7.29. The van der Waals surface area contributed by atoms with E-state index in [2.05, 4.69) is 22.5 Å². The van der Waals surface area contributed by atoms with Crippen LogP contribution in [0.15, 0.2) is 53.1 Å². The van der Waals surface area contributed by atoms with Gasteiger partial charge in [-0.2, -0.15) is 0 Å². The van der Waals surface area contributed by atoms with Crippen LogP contribution >= 0.6 is 24.8 Å². The van der Waals surface area contributed by atoms with E-state index < -0.39 is 0 Å². The summed E-state index contributed by atoms with van der Waals surface area (Å²) in [4.78, 5) is 17.6. The van der Waals surface area contributed by atoms with Gasteiger partial charge in [-0.3, -0.25) is 4.79 Å². The van der Waals surface area contributed by atoms with E-state index in [1.54, 1.807) is 6.26 Å². The fraction of sp³-hybridized carbons (Fsp3) is 0.333. The first-order chi connectivity index (χ1) is 12.6. The summed E-state index contributed by atoms with van der Waals surface area (Å²) in [7, 11) is 0. The number of nitrogens with zero attached hydrogens (tertiary/aromatic N) is 1. The maximum atomic E-state index is 13.0. The molecule has 1 saturated heterocycles. The number of hydrogen-bond acceptors (Lipinski definition) is 4. The predicted molar refractivity (Wildman–Crippen MR) is 116 cm³/mol. The Labute approximate surface area is 177 Å². The van der Waals surface area contributed by atoms with Crippen LogP contribution in [-0.4, -0.2) is 30.5 Å². The average molecular weight is 422 g/mol. The SMILES string of the molecule is CC1(CNC(=O)c2cc(-c3ccco3)nc3ccccc23)CCNCC1.Cl.Cl. The summed E-state index contributed by atoms with van der Waals surface area (Å²) in [6.45, 7) is 4.94. The Bertz CT molecular complexity index is 923. The van der Waals surface area contributed by atoms with Crippen LogP contribution in [0.1, 0.15) is 30.1 Å². The first-order valence-corrected chi connectivity index (χ1v) is 9.07. The molecule has 5 nitrogen and oxygen atoms in total. The molecule has 0 bridgehead atoms. The number of rotatable bonds is 4. The van der Waals surface area contributed by atoms with E-state index in [1.165, 1.54) is 0 Å². The number of aromatic nitrogens is 1. The monoisotopic (exact) mass is 421 g/mol. The van der Waals surface area contributed by atoms with E-state index in [4.69, 9.17) is 4.42 Å². The molecule has 0 unspecified atom stereocenters. The molecule has 28 heavy (non-hydrogen) atoms.